The number of aromatic carboxylic acids is 1. The number of rotatable bonds is 2. The Morgan fingerprint density at radius 2 is 2.04 bits per heavy atom. The maximum atomic E-state index is 13.3. The van der Waals surface area contributed by atoms with Gasteiger partial charge in [0, 0.05) is 24.5 Å². The predicted octanol–water partition coefficient (Wildman–Crippen LogP) is 4.11. The SMILES string of the molecule is O=C(O)c1ccccc1N1CCC(C(F)(F)F)Oc2nc3[nH]ccc3cc21. The molecule has 0 radical (unpaired) electrons. The lowest BCUT2D eigenvalue weighted by Crippen LogP contribution is -2.35. The second-order valence-electron chi connectivity index (χ2n) is 6.14. The second kappa shape index (κ2) is 6.19. The van der Waals surface area contributed by atoms with E-state index >= 15 is 0 Å². The molecule has 0 saturated carbocycles. The van der Waals surface area contributed by atoms with Crippen LogP contribution in [-0.2, 0) is 0 Å². The number of nitrogens with zero attached hydrogens (tertiary/aromatic N) is 2. The Morgan fingerprint density at radius 3 is 2.78 bits per heavy atom. The van der Waals surface area contributed by atoms with Gasteiger partial charge < -0.3 is 19.7 Å². The van der Waals surface area contributed by atoms with Crippen LogP contribution in [0, 0.1) is 0 Å². The molecule has 2 N–H and O–H groups in total. The van der Waals surface area contributed by atoms with Gasteiger partial charge in [0.2, 0.25) is 5.88 Å². The molecule has 1 unspecified atom stereocenters. The van der Waals surface area contributed by atoms with E-state index in [9.17, 15) is 23.1 Å². The third-order valence-electron chi connectivity index (χ3n) is 4.43. The van der Waals surface area contributed by atoms with Gasteiger partial charge >= 0.3 is 12.1 Å². The number of carbonyl (C=O) groups is 1. The standard InChI is InChI=1S/C18H14F3N3O3/c19-18(20,21)14-6-8-24(12-4-2-1-3-11(12)17(25)26)13-9-10-5-7-22-15(10)23-16(13)27-14/h1-5,7,9,14H,6,8H2,(H,22,23)(H,25,26). The van der Waals surface area contributed by atoms with Gasteiger partial charge in [-0.3, -0.25) is 0 Å². The van der Waals surface area contributed by atoms with Crippen LogP contribution in [-0.4, -0.2) is 39.9 Å². The number of fused-ring (bicyclic) bond motifs is 2. The van der Waals surface area contributed by atoms with Gasteiger partial charge in [-0.15, -0.1) is 0 Å². The van der Waals surface area contributed by atoms with Crippen LogP contribution in [0.5, 0.6) is 5.88 Å². The quantitative estimate of drug-likeness (QED) is 0.703. The molecule has 0 spiro atoms. The molecule has 1 aromatic carbocycles. The highest BCUT2D eigenvalue weighted by Gasteiger charge is 2.44. The number of para-hydroxylation sites is 1. The molecule has 1 aliphatic heterocycles. The van der Waals surface area contributed by atoms with Gasteiger partial charge in [-0.25, -0.2) is 4.79 Å². The van der Waals surface area contributed by atoms with E-state index in [4.69, 9.17) is 4.74 Å². The van der Waals surface area contributed by atoms with E-state index in [1.165, 1.54) is 11.0 Å². The highest BCUT2D eigenvalue weighted by molar-refractivity contribution is 5.96. The maximum absolute atomic E-state index is 13.3. The first-order valence-corrected chi connectivity index (χ1v) is 8.16. The number of ether oxygens (including phenoxy) is 1. The summed E-state index contributed by atoms with van der Waals surface area (Å²) in [6.45, 7) is -0.0704. The Hall–Kier alpha value is -3.23. The summed E-state index contributed by atoms with van der Waals surface area (Å²) in [7, 11) is 0. The number of alkyl halides is 3. The molecule has 0 amide bonds. The molecule has 3 aromatic rings. The van der Waals surface area contributed by atoms with Gasteiger partial charge in [-0.05, 0) is 24.3 Å². The predicted molar refractivity (Wildman–Crippen MR) is 91.6 cm³/mol. The lowest BCUT2D eigenvalue weighted by molar-refractivity contribution is -0.195. The molecule has 0 aliphatic carbocycles. The molecule has 1 atom stereocenters. The van der Waals surface area contributed by atoms with Crippen molar-refractivity contribution >= 4 is 28.4 Å². The number of benzene rings is 1. The molecule has 0 saturated heterocycles. The fourth-order valence-electron chi connectivity index (χ4n) is 3.16. The number of aromatic amines is 1. The first-order valence-electron chi connectivity index (χ1n) is 8.16. The molecule has 2 aromatic heterocycles. The summed E-state index contributed by atoms with van der Waals surface area (Å²) in [6, 6.07) is 9.54. The third-order valence-corrected chi connectivity index (χ3v) is 4.43. The molecule has 0 bridgehead atoms. The highest BCUT2D eigenvalue weighted by atomic mass is 19.4. The summed E-state index contributed by atoms with van der Waals surface area (Å²) >= 11 is 0. The summed E-state index contributed by atoms with van der Waals surface area (Å²) in [5.74, 6) is -1.36. The van der Waals surface area contributed by atoms with E-state index in [-0.39, 0.29) is 30.1 Å². The van der Waals surface area contributed by atoms with Gasteiger partial charge in [0.1, 0.15) is 11.3 Å². The number of hydrogen-bond acceptors (Lipinski definition) is 4. The van der Waals surface area contributed by atoms with Crippen molar-refractivity contribution in [1.82, 2.24) is 9.97 Å². The Labute approximate surface area is 151 Å². The van der Waals surface area contributed by atoms with E-state index in [1.54, 1.807) is 36.5 Å². The maximum Gasteiger partial charge on any atom is 0.425 e. The van der Waals surface area contributed by atoms with E-state index in [0.29, 0.717) is 16.7 Å². The molecule has 4 rings (SSSR count). The van der Waals surface area contributed by atoms with Crippen LogP contribution in [0.3, 0.4) is 0 Å². The second-order valence-corrected chi connectivity index (χ2v) is 6.14. The van der Waals surface area contributed by atoms with Crippen molar-refractivity contribution < 1.29 is 27.8 Å². The minimum Gasteiger partial charge on any atom is -0.478 e. The highest BCUT2D eigenvalue weighted by Crippen LogP contribution is 2.41. The van der Waals surface area contributed by atoms with Crippen LogP contribution in [0.15, 0.2) is 42.6 Å². The van der Waals surface area contributed by atoms with E-state index in [2.05, 4.69) is 9.97 Å². The zero-order valence-corrected chi connectivity index (χ0v) is 13.8. The number of halogens is 3. The summed E-state index contributed by atoms with van der Waals surface area (Å²) in [5.41, 5.74) is 0.961. The first kappa shape index (κ1) is 17.2. The Balaban J connectivity index is 1.90. The summed E-state index contributed by atoms with van der Waals surface area (Å²) in [6.07, 6.45) is -5.33. The van der Waals surface area contributed by atoms with Crippen molar-refractivity contribution in [1.29, 1.82) is 0 Å². The number of anilines is 2. The number of carboxylic acids is 1. The minimum atomic E-state index is -4.56. The number of hydrogen-bond donors (Lipinski definition) is 2. The first-order chi connectivity index (χ1) is 12.8. The molecular weight excluding hydrogens is 363 g/mol. The zero-order chi connectivity index (χ0) is 19.2. The van der Waals surface area contributed by atoms with Crippen LogP contribution < -0.4 is 9.64 Å². The lowest BCUT2D eigenvalue weighted by Gasteiger charge is -2.25. The van der Waals surface area contributed by atoms with Crippen molar-refractivity contribution in [2.75, 3.05) is 11.4 Å². The number of H-pyrrole nitrogens is 1. The molecule has 27 heavy (non-hydrogen) atoms. The van der Waals surface area contributed by atoms with Crippen LogP contribution in [0.2, 0.25) is 0 Å². The fraction of sp³-hybridized carbons (Fsp3) is 0.222. The molecule has 140 valence electrons. The molecular formula is C18H14F3N3O3. The number of carboxylic acid groups (broad SMARTS) is 1. The summed E-state index contributed by atoms with van der Waals surface area (Å²) in [4.78, 5) is 20.1. The fourth-order valence-corrected chi connectivity index (χ4v) is 3.16. The van der Waals surface area contributed by atoms with Crippen molar-refractivity contribution in [2.24, 2.45) is 0 Å². The molecule has 6 nitrogen and oxygen atoms in total. The monoisotopic (exact) mass is 377 g/mol. The van der Waals surface area contributed by atoms with Gasteiger partial charge in [0.15, 0.2) is 6.10 Å². The number of pyridine rings is 1. The normalized spacial score (nSPS) is 17.3. The lowest BCUT2D eigenvalue weighted by atomic mass is 10.1. The van der Waals surface area contributed by atoms with Crippen LogP contribution in [0.4, 0.5) is 24.5 Å². The zero-order valence-electron chi connectivity index (χ0n) is 13.8. The summed E-state index contributed by atoms with van der Waals surface area (Å²) < 4.78 is 45.2. The Kier molecular flexibility index (Phi) is 3.94. The topological polar surface area (TPSA) is 78.4 Å². The molecule has 0 fully saturated rings. The van der Waals surface area contributed by atoms with Crippen LogP contribution in [0.1, 0.15) is 16.8 Å². The van der Waals surface area contributed by atoms with Crippen LogP contribution in [0.25, 0.3) is 11.0 Å². The molecule has 1 aliphatic rings. The smallest absolute Gasteiger partial charge is 0.425 e. The van der Waals surface area contributed by atoms with Gasteiger partial charge in [-0.2, -0.15) is 18.2 Å². The summed E-state index contributed by atoms with van der Waals surface area (Å²) in [5, 5.41) is 10.2. The largest absolute Gasteiger partial charge is 0.478 e. The van der Waals surface area contributed by atoms with E-state index < -0.39 is 18.2 Å². The average molecular weight is 377 g/mol. The number of nitrogens with one attached hydrogen (secondary N) is 1. The van der Waals surface area contributed by atoms with Crippen LogP contribution >= 0.6 is 0 Å². The van der Waals surface area contributed by atoms with Crippen molar-refractivity contribution in [2.45, 2.75) is 18.7 Å². The Bertz CT molecular complexity index is 1020. The van der Waals surface area contributed by atoms with Gasteiger partial charge in [-0.1, -0.05) is 12.1 Å². The van der Waals surface area contributed by atoms with Gasteiger partial charge in [0.25, 0.3) is 0 Å². The van der Waals surface area contributed by atoms with E-state index in [1.807, 2.05) is 0 Å². The average Bonchev–Trinajstić information content (AvgIpc) is 2.98. The van der Waals surface area contributed by atoms with Crippen molar-refractivity contribution in [3.63, 3.8) is 0 Å². The molecule has 3 heterocycles. The van der Waals surface area contributed by atoms with Crippen molar-refractivity contribution in [3.05, 3.63) is 48.2 Å². The third kappa shape index (κ3) is 3.05. The Morgan fingerprint density at radius 1 is 1.26 bits per heavy atom. The van der Waals surface area contributed by atoms with Crippen molar-refractivity contribution in [3.8, 4) is 5.88 Å². The van der Waals surface area contributed by atoms with E-state index in [0.717, 1.165) is 0 Å². The minimum absolute atomic E-state index is 0.0110. The molecule has 9 heteroatoms. The number of aromatic nitrogens is 2. The van der Waals surface area contributed by atoms with Gasteiger partial charge in [0.05, 0.1) is 11.3 Å².